The third kappa shape index (κ3) is 2.49. The molecule has 5 heteroatoms. The average Bonchev–Trinajstić information content (AvgIpc) is 2.69. The third-order valence-corrected chi connectivity index (χ3v) is 2.82. The van der Waals surface area contributed by atoms with Crippen molar-refractivity contribution < 1.29 is 0 Å². The second-order valence-electron chi connectivity index (χ2n) is 3.94. The number of piperazine rings is 1. The van der Waals surface area contributed by atoms with Crippen LogP contribution in [0.25, 0.3) is 0 Å². The minimum atomic E-state index is 0.946. The van der Waals surface area contributed by atoms with Gasteiger partial charge in [0.25, 0.3) is 0 Å². The fraction of sp³-hybridized carbons (Fsp3) is 0.700. The van der Waals surface area contributed by atoms with Gasteiger partial charge in [0.15, 0.2) is 0 Å². The second-order valence-corrected chi connectivity index (χ2v) is 3.94. The first-order valence-electron chi connectivity index (χ1n) is 5.51. The van der Waals surface area contributed by atoms with Gasteiger partial charge in [-0.25, -0.2) is 9.99 Å². The van der Waals surface area contributed by atoms with Crippen molar-refractivity contribution in [1.29, 1.82) is 0 Å². The Balaban J connectivity index is 1.91. The lowest BCUT2D eigenvalue weighted by molar-refractivity contribution is 0.177. The van der Waals surface area contributed by atoms with Gasteiger partial charge in [-0.1, -0.05) is 0 Å². The molecule has 1 aromatic heterocycles. The lowest BCUT2D eigenvalue weighted by atomic mass is 10.4. The van der Waals surface area contributed by atoms with Gasteiger partial charge in [-0.3, -0.25) is 5.43 Å². The zero-order valence-electron chi connectivity index (χ0n) is 9.48. The standard InChI is InChI=1S/C10H19N5/c1-3-14-5-4-11-10(14)12-15-8-6-13(2)7-9-15/h4-5H,3,6-9H2,1-2H3,(H,11,12). The maximum absolute atomic E-state index is 4.30. The van der Waals surface area contributed by atoms with E-state index in [0.29, 0.717) is 0 Å². The van der Waals surface area contributed by atoms with Crippen LogP contribution in [0.1, 0.15) is 6.92 Å². The van der Waals surface area contributed by atoms with Crippen molar-refractivity contribution in [2.24, 2.45) is 0 Å². The molecule has 0 atom stereocenters. The molecule has 0 aromatic carbocycles. The summed E-state index contributed by atoms with van der Waals surface area (Å²) in [5.41, 5.74) is 3.36. The number of likely N-dealkylation sites (N-methyl/N-ethyl adjacent to an activating group) is 1. The van der Waals surface area contributed by atoms with Crippen LogP contribution in [-0.2, 0) is 6.54 Å². The maximum atomic E-state index is 4.30. The highest BCUT2D eigenvalue weighted by Crippen LogP contribution is 2.07. The zero-order valence-corrected chi connectivity index (χ0v) is 9.48. The molecule has 84 valence electrons. The van der Waals surface area contributed by atoms with Crippen LogP contribution in [0.4, 0.5) is 5.95 Å². The van der Waals surface area contributed by atoms with Crippen molar-refractivity contribution in [3.63, 3.8) is 0 Å². The predicted molar refractivity (Wildman–Crippen MR) is 60.6 cm³/mol. The van der Waals surface area contributed by atoms with Gasteiger partial charge in [0.2, 0.25) is 5.95 Å². The van der Waals surface area contributed by atoms with Crippen molar-refractivity contribution in [1.82, 2.24) is 19.5 Å². The molecule has 0 saturated carbocycles. The number of hydrogen-bond donors (Lipinski definition) is 1. The fourth-order valence-corrected chi connectivity index (χ4v) is 1.74. The third-order valence-electron chi connectivity index (χ3n) is 2.82. The molecule has 1 fully saturated rings. The lowest BCUT2D eigenvalue weighted by Gasteiger charge is -2.32. The summed E-state index contributed by atoms with van der Waals surface area (Å²) >= 11 is 0. The molecule has 1 aromatic rings. The van der Waals surface area contributed by atoms with Crippen LogP contribution in [0, 0.1) is 0 Å². The molecule has 0 amide bonds. The van der Waals surface area contributed by atoms with Gasteiger partial charge in [0, 0.05) is 45.1 Å². The summed E-state index contributed by atoms with van der Waals surface area (Å²) in [6.45, 7) is 7.40. The van der Waals surface area contributed by atoms with Crippen molar-refractivity contribution in [3.05, 3.63) is 12.4 Å². The number of aryl methyl sites for hydroxylation is 1. The Hall–Kier alpha value is -1.07. The molecule has 0 spiro atoms. The lowest BCUT2D eigenvalue weighted by Crippen LogP contribution is -2.47. The number of nitrogens with one attached hydrogen (secondary N) is 1. The van der Waals surface area contributed by atoms with E-state index < -0.39 is 0 Å². The minimum Gasteiger partial charge on any atom is -0.317 e. The SMILES string of the molecule is CCn1ccnc1NN1CCN(C)CC1. The molecule has 0 radical (unpaired) electrons. The Morgan fingerprint density at radius 2 is 2.07 bits per heavy atom. The van der Waals surface area contributed by atoms with E-state index in [4.69, 9.17) is 0 Å². The van der Waals surface area contributed by atoms with Crippen molar-refractivity contribution in [3.8, 4) is 0 Å². The Morgan fingerprint density at radius 1 is 1.33 bits per heavy atom. The molecular formula is C10H19N5. The minimum absolute atomic E-state index is 0.946. The van der Waals surface area contributed by atoms with Gasteiger partial charge >= 0.3 is 0 Å². The first kappa shape index (κ1) is 10.4. The molecule has 0 unspecified atom stereocenters. The van der Waals surface area contributed by atoms with Gasteiger partial charge in [-0.15, -0.1) is 0 Å². The molecule has 2 heterocycles. The van der Waals surface area contributed by atoms with E-state index in [1.807, 2.05) is 12.4 Å². The molecule has 1 N–H and O–H groups in total. The van der Waals surface area contributed by atoms with Crippen LogP contribution >= 0.6 is 0 Å². The van der Waals surface area contributed by atoms with E-state index >= 15 is 0 Å². The summed E-state index contributed by atoms with van der Waals surface area (Å²) in [6.07, 6.45) is 3.83. The Morgan fingerprint density at radius 3 is 2.73 bits per heavy atom. The van der Waals surface area contributed by atoms with Gasteiger partial charge in [0.1, 0.15) is 0 Å². The molecule has 15 heavy (non-hydrogen) atoms. The maximum Gasteiger partial charge on any atom is 0.217 e. The number of imidazole rings is 1. The molecule has 2 rings (SSSR count). The first-order chi connectivity index (χ1) is 7.29. The molecule has 1 aliphatic rings. The Labute approximate surface area is 90.7 Å². The van der Waals surface area contributed by atoms with Gasteiger partial charge < -0.3 is 9.47 Å². The Bertz CT molecular complexity index is 301. The summed E-state index contributed by atoms with van der Waals surface area (Å²) in [6, 6.07) is 0. The summed E-state index contributed by atoms with van der Waals surface area (Å²) in [5.74, 6) is 0.946. The van der Waals surface area contributed by atoms with Crippen molar-refractivity contribution >= 4 is 5.95 Å². The van der Waals surface area contributed by atoms with Gasteiger partial charge in [0.05, 0.1) is 0 Å². The highest BCUT2D eigenvalue weighted by molar-refractivity contribution is 5.24. The van der Waals surface area contributed by atoms with E-state index in [1.54, 1.807) is 0 Å². The zero-order chi connectivity index (χ0) is 10.7. The number of nitrogens with zero attached hydrogens (tertiary/aromatic N) is 4. The topological polar surface area (TPSA) is 36.3 Å². The number of anilines is 1. The van der Waals surface area contributed by atoms with Crippen LogP contribution in [0.3, 0.4) is 0 Å². The second kappa shape index (κ2) is 4.63. The van der Waals surface area contributed by atoms with E-state index in [0.717, 1.165) is 38.7 Å². The summed E-state index contributed by atoms with van der Waals surface area (Å²) in [5, 5.41) is 2.23. The van der Waals surface area contributed by atoms with Crippen molar-refractivity contribution in [2.75, 3.05) is 38.7 Å². The van der Waals surface area contributed by atoms with E-state index in [2.05, 4.69) is 38.9 Å². The fourth-order valence-electron chi connectivity index (χ4n) is 1.74. The van der Waals surface area contributed by atoms with Gasteiger partial charge in [-0.2, -0.15) is 0 Å². The van der Waals surface area contributed by atoms with E-state index in [9.17, 15) is 0 Å². The average molecular weight is 209 g/mol. The highest BCUT2D eigenvalue weighted by Gasteiger charge is 2.14. The molecule has 5 nitrogen and oxygen atoms in total. The van der Waals surface area contributed by atoms with Crippen LogP contribution in [-0.4, -0.2) is 52.7 Å². The van der Waals surface area contributed by atoms with Crippen molar-refractivity contribution in [2.45, 2.75) is 13.5 Å². The summed E-state index contributed by atoms with van der Waals surface area (Å²) in [7, 11) is 2.16. The number of aromatic nitrogens is 2. The van der Waals surface area contributed by atoms with Crippen LogP contribution in [0.2, 0.25) is 0 Å². The quantitative estimate of drug-likeness (QED) is 0.785. The van der Waals surface area contributed by atoms with Crippen LogP contribution < -0.4 is 5.43 Å². The normalized spacial score (nSPS) is 19.3. The number of hydrogen-bond acceptors (Lipinski definition) is 4. The Kier molecular flexibility index (Phi) is 3.23. The molecule has 0 bridgehead atoms. The smallest absolute Gasteiger partial charge is 0.217 e. The van der Waals surface area contributed by atoms with Gasteiger partial charge in [-0.05, 0) is 14.0 Å². The van der Waals surface area contributed by atoms with E-state index in [-0.39, 0.29) is 0 Å². The van der Waals surface area contributed by atoms with E-state index in [1.165, 1.54) is 0 Å². The van der Waals surface area contributed by atoms with Crippen LogP contribution in [0.5, 0.6) is 0 Å². The van der Waals surface area contributed by atoms with Crippen LogP contribution in [0.15, 0.2) is 12.4 Å². The molecule has 1 saturated heterocycles. The first-order valence-corrected chi connectivity index (χ1v) is 5.51. The summed E-state index contributed by atoms with van der Waals surface area (Å²) in [4.78, 5) is 6.63. The molecule has 0 aliphatic carbocycles. The summed E-state index contributed by atoms with van der Waals surface area (Å²) < 4.78 is 2.11. The molecule has 1 aliphatic heterocycles. The highest BCUT2D eigenvalue weighted by atomic mass is 15.6. The predicted octanol–water partition coefficient (Wildman–Crippen LogP) is 0.477. The number of hydrazine groups is 1. The molecular weight excluding hydrogens is 190 g/mol. The largest absolute Gasteiger partial charge is 0.317 e. The number of rotatable bonds is 3. The monoisotopic (exact) mass is 209 g/mol.